The Morgan fingerprint density at radius 2 is 1.33 bits per heavy atom. The number of halogens is 5. The van der Waals surface area contributed by atoms with Gasteiger partial charge >= 0.3 is 5.97 Å². The third-order valence-corrected chi connectivity index (χ3v) is 2.91. The molecule has 1 aliphatic carbocycles. The lowest BCUT2D eigenvalue weighted by atomic mass is 9.92. The van der Waals surface area contributed by atoms with E-state index in [1.54, 1.807) is 0 Å². The molecule has 0 bridgehead atoms. The Labute approximate surface area is 98.0 Å². The molecule has 1 N–H and O–H groups in total. The SMILES string of the molecule is O=C(O)C(c1c(F)c(F)c(F)c(F)c1F)C1CC1. The van der Waals surface area contributed by atoms with E-state index in [0.29, 0.717) is 12.8 Å². The summed E-state index contributed by atoms with van der Waals surface area (Å²) in [6.45, 7) is 0. The first-order valence-corrected chi connectivity index (χ1v) is 5.10. The van der Waals surface area contributed by atoms with Gasteiger partial charge in [-0.25, -0.2) is 22.0 Å². The number of carbonyl (C=O) groups is 1. The molecule has 1 atom stereocenters. The quantitative estimate of drug-likeness (QED) is 0.519. The Balaban J connectivity index is 2.66. The topological polar surface area (TPSA) is 37.3 Å². The summed E-state index contributed by atoms with van der Waals surface area (Å²) >= 11 is 0. The van der Waals surface area contributed by atoms with E-state index >= 15 is 0 Å². The van der Waals surface area contributed by atoms with Crippen LogP contribution in [0.15, 0.2) is 0 Å². The number of benzene rings is 1. The lowest BCUT2D eigenvalue weighted by molar-refractivity contribution is -0.139. The number of carboxylic acids is 1. The number of hydrogen-bond donors (Lipinski definition) is 1. The molecule has 98 valence electrons. The highest BCUT2D eigenvalue weighted by Gasteiger charge is 2.43. The number of aliphatic carboxylic acids is 1. The van der Waals surface area contributed by atoms with E-state index in [4.69, 9.17) is 5.11 Å². The van der Waals surface area contributed by atoms with Gasteiger partial charge in [0.2, 0.25) is 5.82 Å². The maximum absolute atomic E-state index is 13.4. The van der Waals surface area contributed by atoms with Crippen LogP contribution in [0.4, 0.5) is 22.0 Å². The maximum Gasteiger partial charge on any atom is 0.311 e. The van der Waals surface area contributed by atoms with Crippen LogP contribution in [-0.4, -0.2) is 11.1 Å². The molecule has 0 heterocycles. The van der Waals surface area contributed by atoms with Crippen LogP contribution in [0, 0.1) is 35.0 Å². The first-order valence-electron chi connectivity index (χ1n) is 5.10. The molecule has 0 aromatic heterocycles. The molecule has 1 aromatic carbocycles. The molecule has 7 heteroatoms. The van der Waals surface area contributed by atoms with Gasteiger partial charge in [0.1, 0.15) is 0 Å². The second-order valence-corrected chi connectivity index (χ2v) is 4.14. The van der Waals surface area contributed by atoms with Crippen molar-refractivity contribution in [2.45, 2.75) is 18.8 Å². The van der Waals surface area contributed by atoms with E-state index in [1.807, 2.05) is 0 Å². The molecule has 1 unspecified atom stereocenters. The third-order valence-electron chi connectivity index (χ3n) is 2.91. The van der Waals surface area contributed by atoms with Crippen LogP contribution in [0.1, 0.15) is 24.3 Å². The minimum Gasteiger partial charge on any atom is -0.481 e. The zero-order valence-corrected chi connectivity index (χ0v) is 8.81. The molecule has 1 fully saturated rings. The van der Waals surface area contributed by atoms with Crippen LogP contribution >= 0.6 is 0 Å². The van der Waals surface area contributed by atoms with Gasteiger partial charge in [-0.15, -0.1) is 0 Å². The van der Waals surface area contributed by atoms with Crippen molar-refractivity contribution in [3.8, 4) is 0 Å². The predicted octanol–water partition coefficient (Wildman–Crippen LogP) is 2.96. The fourth-order valence-electron chi connectivity index (χ4n) is 1.89. The Morgan fingerprint density at radius 1 is 0.944 bits per heavy atom. The minimum atomic E-state index is -2.28. The Kier molecular flexibility index (Phi) is 3.00. The van der Waals surface area contributed by atoms with Gasteiger partial charge in [-0.05, 0) is 18.8 Å². The van der Waals surface area contributed by atoms with Crippen molar-refractivity contribution >= 4 is 5.97 Å². The van der Waals surface area contributed by atoms with Crippen molar-refractivity contribution in [2.75, 3.05) is 0 Å². The van der Waals surface area contributed by atoms with Crippen LogP contribution in [0.25, 0.3) is 0 Å². The molecule has 1 aromatic rings. The summed E-state index contributed by atoms with van der Waals surface area (Å²) in [5.74, 6) is -14.5. The minimum absolute atomic E-state index is 0.385. The second kappa shape index (κ2) is 4.22. The molecule has 0 spiro atoms. The van der Waals surface area contributed by atoms with Crippen molar-refractivity contribution in [3.63, 3.8) is 0 Å². The average Bonchev–Trinajstić information content (AvgIpc) is 3.13. The number of carboxylic acid groups (broad SMARTS) is 1. The standard InChI is InChI=1S/C11H7F5O2/c12-6-5(4(11(17)18)3-1-2-3)7(13)9(15)10(16)8(6)14/h3-4H,1-2H2,(H,17,18). The predicted molar refractivity (Wildman–Crippen MR) is 49.3 cm³/mol. The smallest absolute Gasteiger partial charge is 0.311 e. The van der Waals surface area contributed by atoms with E-state index in [1.165, 1.54) is 0 Å². The fraction of sp³-hybridized carbons (Fsp3) is 0.364. The Hall–Kier alpha value is -1.66. The van der Waals surface area contributed by atoms with Crippen molar-refractivity contribution in [1.29, 1.82) is 0 Å². The Bertz CT molecular complexity index is 496. The van der Waals surface area contributed by atoms with Crippen LogP contribution in [0.5, 0.6) is 0 Å². The Morgan fingerprint density at radius 3 is 1.67 bits per heavy atom. The first-order chi connectivity index (χ1) is 8.36. The highest BCUT2D eigenvalue weighted by Crippen LogP contribution is 2.45. The van der Waals surface area contributed by atoms with Gasteiger partial charge in [0.15, 0.2) is 23.3 Å². The molecule has 0 radical (unpaired) electrons. The van der Waals surface area contributed by atoms with Crippen LogP contribution in [0.2, 0.25) is 0 Å². The van der Waals surface area contributed by atoms with Gasteiger partial charge in [0, 0.05) is 5.56 Å². The zero-order chi connectivity index (χ0) is 13.6. The zero-order valence-electron chi connectivity index (χ0n) is 8.81. The van der Waals surface area contributed by atoms with Crippen molar-refractivity contribution in [1.82, 2.24) is 0 Å². The van der Waals surface area contributed by atoms with E-state index in [0.717, 1.165) is 0 Å². The van der Waals surface area contributed by atoms with Crippen molar-refractivity contribution in [2.24, 2.45) is 5.92 Å². The van der Waals surface area contributed by atoms with E-state index < -0.39 is 52.5 Å². The largest absolute Gasteiger partial charge is 0.481 e. The van der Waals surface area contributed by atoms with Crippen molar-refractivity contribution < 1.29 is 31.9 Å². The third kappa shape index (κ3) is 1.83. The van der Waals surface area contributed by atoms with Gasteiger partial charge in [-0.1, -0.05) is 0 Å². The lowest BCUT2D eigenvalue weighted by Crippen LogP contribution is -2.20. The average molecular weight is 266 g/mol. The highest BCUT2D eigenvalue weighted by atomic mass is 19.2. The summed E-state index contributed by atoms with van der Waals surface area (Å²) < 4.78 is 65.6. The monoisotopic (exact) mass is 266 g/mol. The summed E-state index contributed by atoms with van der Waals surface area (Å²) in [6.07, 6.45) is 0.771. The first kappa shape index (κ1) is 12.8. The van der Waals surface area contributed by atoms with Crippen molar-refractivity contribution in [3.05, 3.63) is 34.6 Å². The van der Waals surface area contributed by atoms with Gasteiger partial charge in [0.25, 0.3) is 0 Å². The second-order valence-electron chi connectivity index (χ2n) is 4.14. The molecule has 0 saturated heterocycles. The van der Waals surface area contributed by atoms with Gasteiger partial charge < -0.3 is 5.11 Å². The molecule has 0 amide bonds. The van der Waals surface area contributed by atoms with Gasteiger partial charge in [-0.2, -0.15) is 0 Å². The molecule has 2 nitrogen and oxygen atoms in total. The fourth-order valence-corrected chi connectivity index (χ4v) is 1.89. The molecule has 1 aliphatic rings. The summed E-state index contributed by atoms with van der Waals surface area (Å²) in [5.41, 5.74) is -1.25. The summed E-state index contributed by atoms with van der Waals surface area (Å²) in [5, 5.41) is 8.87. The summed E-state index contributed by atoms with van der Waals surface area (Å²) in [7, 11) is 0. The molecule has 1 saturated carbocycles. The van der Waals surface area contributed by atoms with Crippen LogP contribution in [-0.2, 0) is 4.79 Å². The number of rotatable bonds is 3. The molecule has 0 aliphatic heterocycles. The van der Waals surface area contributed by atoms with Crippen LogP contribution < -0.4 is 0 Å². The maximum atomic E-state index is 13.4. The van der Waals surface area contributed by atoms with E-state index in [-0.39, 0.29) is 0 Å². The van der Waals surface area contributed by atoms with Gasteiger partial charge in [-0.3, -0.25) is 4.79 Å². The van der Waals surface area contributed by atoms with E-state index in [2.05, 4.69) is 0 Å². The molecule has 2 rings (SSSR count). The summed E-state index contributed by atoms with van der Waals surface area (Å²) in [4.78, 5) is 10.9. The lowest BCUT2D eigenvalue weighted by Gasteiger charge is -2.14. The molecular weight excluding hydrogens is 259 g/mol. The molecular formula is C11H7F5O2. The number of hydrogen-bond acceptors (Lipinski definition) is 1. The summed E-state index contributed by atoms with van der Waals surface area (Å²) in [6, 6.07) is 0. The van der Waals surface area contributed by atoms with Gasteiger partial charge in [0.05, 0.1) is 5.92 Å². The highest BCUT2D eigenvalue weighted by molar-refractivity contribution is 5.77. The normalized spacial score (nSPS) is 16.7. The molecule has 18 heavy (non-hydrogen) atoms. The van der Waals surface area contributed by atoms with E-state index in [9.17, 15) is 26.7 Å². The van der Waals surface area contributed by atoms with Crippen LogP contribution in [0.3, 0.4) is 0 Å².